The average Bonchev–Trinajstić information content (AvgIpc) is 2.24. The number of aldehydes is 1. The number of ether oxygens (including phenoxy) is 1. The maximum absolute atomic E-state index is 11.6. The van der Waals surface area contributed by atoms with Crippen LogP contribution < -0.4 is 0 Å². The van der Waals surface area contributed by atoms with E-state index in [1.54, 1.807) is 24.3 Å². The zero-order valence-corrected chi connectivity index (χ0v) is 8.98. The molecule has 16 heavy (non-hydrogen) atoms. The van der Waals surface area contributed by atoms with Crippen LogP contribution in [0.5, 0.6) is 0 Å². The van der Waals surface area contributed by atoms with E-state index in [-0.39, 0.29) is 12.4 Å². The summed E-state index contributed by atoms with van der Waals surface area (Å²) in [4.78, 5) is 11.1. The van der Waals surface area contributed by atoms with Crippen LogP contribution in [0.3, 0.4) is 0 Å². The van der Waals surface area contributed by atoms with Crippen LogP contribution in [0.1, 0.15) is 10.4 Å². The molecule has 88 valence electrons. The summed E-state index contributed by atoms with van der Waals surface area (Å²) in [5, 5.41) is 0. The Kier molecular flexibility index (Phi) is 4.82. The third-order valence-corrected chi connectivity index (χ3v) is 2.61. The van der Waals surface area contributed by atoms with E-state index in [0.29, 0.717) is 11.8 Å². The second-order valence-corrected chi connectivity index (χ2v) is 4.00. The fourth-order valence-electron chi connectivity index (χ4n) is 0.960. The Morgan fingerprint density at radius 2 is 1.88 bits per heavy atom. The zero-order valence-electron chi connectivity index (χ0n) is 8.16. The molecule has 0 aliphatic heterocycles. The van der Waals surface area contributed by atoms with Crippen LogP contribution in [0.4, 0.5) is 13.2 Å². The van der Waals surface area contributed by atoms with Gasteiger partial charge in [-0.25, -0.2) is 0 Å². The Hall–Kier alpha value is -1.01. The molecule has 0 unspecified atom stereocenters. The number of thioether (sulfide) groups is 1. The van der Waals surface area contributed by atoms with Crippen molar-refractivity contribution in [2.45, 2.75) is 11.3 Å². The summed E-state index contributed by atoms with van der Waals surface area (Å²) in [6, 6.07) is 6.59. The van der Waals surface area contributed by atoms with Crippen molar-refractivity contribution in [3.63, 3.8) is 0 Å². The van der Waals surface area contributed by atoms with Gasteiger partial charge < -0.3 is 0 Å². The van der Waals surface area contributed by atoms with Crippen molar-refractivity contribution in [3.05, 3.63) is 29.8 Å². The van der Waals surface area contributed by atoms with Crippen LogP contribution in [-0.4, -0.2) is 25.0 Å². The molecule has 0 bridgehead atoms. The van der Waals surface area contributed by atoms with Gasteiger partial charge >= 0.3 is 6.36 Å². The molecule has 0 saturated heterocycles. The lowest BCUT2D eigenvalue weighted by molar-refractivity contribution is -0.322. The maximum Gasteiger partial charge on any atom is 0.522 e. The quantitative estimate of drug-likeness (QED) is 0.456. The van der Waals surface area contributed by atoms with E-state index < -0.39 is 6.36 Å². The molecule has 0 saturated carbocycles. The summed E-state index contributed by atoms with van der Waals surface area (Å²) in [6.45, 7) is -0.385. The second kappa shape index (κ2) is 5.91. The fraction of sp³-hybridized carbons (Fsp3) is 0.300. The normalized spacial score (nSPS) is 11.4. The van der Waals surface area contributed by atoms with Crippen molar-refractivity contribution < 1.29 is 22.7 Å². The molecule has 0 amide bonds. The number of hydrogen-bond donors (Lipinski definition) is 0. The van der Waals surface area contributed by atoms with Crippen molar-refractivity contribution in [3.8, 4) is 0 Å². The highest BCUT2D eigenvalue weighted by Crippen LogP contribution is 2.20. The van der Waals surface area contributed by atoms with Gasteiger partial charge in [0, 0.05) is 16.2 Å². The van der Waals surface area contributed by atoms with Gasteiger partial charge in [-0.15, -0.1) is 24.9 Å². The molecule has 0 heterocycles. The molecule has 0 spiro atoms. The van der Waals surface area contributed by atoms with Gasteiger partial charge in [0.05, 0.1) is 6.61 Å². The maximum atomic E-state index is 11.6. The molecule has 1 aromatic rings. The first-order chi connectivity index (χ1) is 7.51. The van der Waals surface area contributed by atoms with E-state index in [0.717, 1.165) is 4.90 Å². The van der Waals surface area contributed by atoms with E-state index in [1.165, 1.54) is 11.8 Å². The molecule has 0 aromatic heterocycles. The Morgan fingerprint density at radius 1 is 1.25 bits per heavy atom. The largest absolute Gasteiger partial charge is 0.522 e. The van der Waals surface area contributed by atoms with Crippen molar-refractivity contribution in [2.75, 3.05) is 12.4 Å². The molecule has 0 aliphatic rings. The van der Waals surface area contributed by atoms with Crippen LogP contribution in [0.15, 0.2) is 29.2 Å². The van der Waals surface area contributed by atoms with E-state index in [4.69, 9.17) is 0 Å². The van der Waals surface area contributed by atoms with Gasteiger partial charge in [0.15, 0.2) is 0 Å². The van der Waals surface area contributed by atoms with E-state index >= 15 is 0 Å². The Bertz CT molecular complexity index is 335. The Labute approximate surface area is 94.8 Å². The summed E-state index contributed by atoms with van der Waals surface area (Å²) in [6.07, 6.45) is -3.86. The smallest absolute Gasteiger partial charge is 0.298 e. The summed E-state index contributed by atoms with van der Waals surface area (Å²) in [5.74, 6) is 0.208. The van der Waals surface area contributed by atoms with E-state index in [9.17, 15) is 18.0 Å². The van der Waals surface area contributed by atoms with Gasteiger partial charge in [-0.1, -0.05) is 12.1 Å². The number of halogens is 3. The molecule has 0 atom stereocenters. The third kappa shape index (κ3) is 5.18. The number of rotatable bonds is 5. The lowest BCUT2D eigenvalue weighted by atomic mass is 10.2. The van der Waals surface area contributed by atoms with Crippen LogP contribution >= 0.6 is 11.8 Å². The zero-order chi connectivity index (χ0) is 12.0. The first-order valence-corrected chi connectivity index (χ1v) is 5.38. The highest BCUT2D eigenvalue weighted by molar-refractivity contribution is 7.99. The minimum Gasteiger partial charge on any atom is -0.298 e. The minimum absolute atomic E-state index is 0.208. The predicted molar refractivity (Wildman–Crippen MR) is 54.6 cm³/mol. The molecule has 6 heteroatoms. The van der Waals surface area contributed by atoms with Gasteiger partial charge in [0.25, 0.3) is 0 Å². The highest BCUT2D eigenvalue weighted by atomic mass is 32.2. The molecule has 2 nitrogen and oxygen atoms in total. The highest BCUT2D eigenvalue weighted by Gasteiger charge is 2.28. The average molecular weight is 250 g/mol. The van der Waals surface area contributed by atoms with E-state index in [2.05, 4.69) is 4.74 Å². The summed E-state index contributed by atoms with van der Waals surface area (Å²) < 4.78 is 38.4. The summed E-state index contributed by atoms with van der Waals surface area (Å²) in [5.41, 5.74) is 0.538. The minimum atomic E-state index is -4.57. The molecular formula is C10H9F3O2S. The van der Waals surface area contributed by atoms with Crippen LogP contribution in [-0.2, 0) is 4.74 Å². The number of benzene rings is 1. The van der Waals surface area contributed by atoms with Crippen molar-refractivity contribution in [1.82, 2.24) is 0 Å². The molecule has 0 aliphatic carbocycles. The van der Waals surface area contributed by atoms with Gasteiger partial charge in [-0.2, -0.15) is 0 Å². The first-order valence-electron chi connectivity index (χ1n) is 4.40. The lowest BCUT2D eigenvalue weighted by Crippen LogP contribution is -2.15. The second-order valence-electron chi connectivity index (χ2n) is 2.83. The van der Waals surface area contributed by atoms with Crippen molar-refractivity contribution in [1.29, 1.82) is 0 Å². The molecular weight excluding hydrogens is 241 g/mol. The molecule has 0 fully saturated rings. The van der Waals surface area contributed by atoms with Gasteiger partial charge in [0.1, 0.15) is 6.29 Å². The first kappa shape index (κ1) is 13.1. The van der Waals surface area contributed by atoms with Crippen molar-refractivity contribution >= 4 is 18.0 Å². The topological polar surface area (TPSA) is 26.3 Å². The van der Waals surface area contributed by atoms with Gasteiger partial charge in [0.2, 0.25) is 0 Å². The van der Waals surface area contributed by atoms with Gasteiger partial charge in [-0.3, -0.25) is 9.53 Å². The molecule has 0 N–H and O–H groups in total. The molecule has 1 rings (SSSR count). The number of hydrogen-bond acceptors (Lipinski definition) is 3. The summed E-state index contributed by atoms with van der Waals surface area (Å²) >= 11 is 1.24. The van der Waals surface area contributed by atoms with Crippen molar-refractivity contribution in [2.24, 2.45) is 0 Å². The predicted octanol–water partition coefficient (Wildman–Crippen LogP) is 3.13. The van der Waals surface area contributed by atoms with Gasteiger partial charge in [-0.05, 0) is 12.1 Å². The third-order valence-electron chi connectivity index (χ3n) is 1.63. The molecule has 0 radical (unpaired) electrons. The molecule has 1 aromatic carbocycles. The fourth-order valence-corrected chi connectivity index (χ4v) is 1.69. The van der Waals surface area contributed by atoms with Crippen LogP contribution in [0.2, 0.25) is 0 Å². The number of alkyl halides is 3. The SMILES string of the molecule is O=Cc1ccc(SCCOC(F)(F)F)cc1. The van der Waals surface area contributed by atoms with Crippen LogP contribution in [0.25, 0.3) is 0 Å². The Morgan fingerprint density at radius 3 is 2.38 bits per heavy atom. The number of carbonyl (C=O) groups excluding carboxylic acids is 1. The Balaban J connectivity index is 2.29. The standard InChI is InChI=1S/C10H9F3O2S/c11-10(12,13)15-5-6-16-9-3-1-8(7-14)2-4-9/h1-4,7H,5-6H2. The number of carbonyl (C=O) groups is 1. The lowest BCUT2D eigenvalue weighted by Gasteiger charge is -2.06. The summed E-state index contributed by atoms with van der Waals surface area (Å²) in [7, 11) is 0. The van der Waals surface area contributed by atoms with E-state index in [1.807, 2.05) is 0 Å². The van der Waals surface area contributed by atoms with Crippen LogP contribution in [0, 0.1) is 0 Å². The monoisotopic (exact) mass is 250 g/mol.